The van der Waals surface area contributed by atoms with Gasteiger partial charge in [0.05, 0.1) is 16.3 Å². The molecule has 1 fully saturated rings. The number of benzene rings is 1. The minimum Gasteiger partial charge on any atom is -0.354 e. The molecule has 2 aromatic heterocycles. The molecule has 4 rings (SSSR count). The summed E-state index contributed by atoms with van der Waals surface area (Å²) in [4.78, 5) is 23.9. The molecule has 1 aliphatic heterocycles. The topological polar surface area (TPSA) is 58.1 Å². The van der Waals surface area contributed by atoms with Crippen molar-refractivity contribution in [1.82, 2.24) is 14.9 Å². The maximum atomic E-state index is 13.5. The van der Waals surface area contributed by atoms with E-state index in [1.807, 2.05) is 35.7 Å². The van der Waals surface area contributed by atoms with Crippen LogP contribution in [0.2, 0.25) is 5.02 Å². The Morgan fingerprint density at radius 2 is 2.00 bits per heavy atom. The molecule has 1 N–H and O–H groups in total. The van der Waals surface area contributed by atoms with Gasteiger partial charge in [0, 0.05) is 47.6 Å². The molecule has 3 heterocycles. The van der Waals surface area contributed by atoms with Crippen LogP contribution in [-0.2, 0) is 0 Å². The molecule has 0 spiro atoms. The van der Waals surface area contributed by atoms with E-state index in [1.54, 1.807) is 12.3 Å². The Morgan fingerprint density at radius 1 is 1.24 bits per heavy atom. The number of anilines is 2. The van der Waals surface area contributed by atoms with E-state index in [4.69, 9.17) is 11.6 Å². The van der Waals surface area contributed by atoms with E-state index >= 15 is 0 Å². The highest BCUT2D eigenvalue weighted by molar-refractivity contribution is 7.99. The van der Waals surface area contributed by atoms with Gasteiger partial charge in [-0.05, 0) is 37.3 Å². The van der Waals surface area contributed by atoms with Gasteiger partial charge in [-0.15, -0.1) is 12.4 Å². The number of nitrogens with one attached hydrogen (secondary N) is 1. The minimum absolute atomic E-state index is 0. The lowest BCUT2D eigenvalue weighted by Gasteiger charge is -2.27. The predicted molar refractivity (Wildman–Crippen MR) is 119 cm³/mol. The average Bonchev–Trinajstić information content (AvgIpc) is 2.71. The monoisotopic (exact) mass is 452 g/mol. The summed E-state index contributed by atoms with van der Waals surface area (Å²) >= 11 is 7.77. The van der Waals surface area contributed by atoms with Gasteiger partial charge in [-0.2, -0.15) is 11.8 Å². The van der Waals surface area contributed by atoms with Gasteiger partial charge < -0.3 is 10.2 Å². The Bertz CT molecular complexity index is 1060. The van der Waals surface area contributed by atoms with Gasteiger partial charge in [0.2, 0.25) is 0 Å². The molecule has 0 unspecified atom stereocenters. The highest BCUT2D eigenvalue weighted by Gasteiger charge is 2.23. The molecule has 0 radical (unpaired) electrons. The Balaban J connectivity index is 0.00000240. The van der Waals surface area contributed by atoms with Crippen molar-refractivity contribution >= 4 is 64.1 Å². The molecule has 1 aromatic carbocycles. The molecule has 0 aliphatic carbocycles. The molecule has 152 valence electrons. The number of carbonyl (C=O) groups is 1. The maximum Gasteiger partial charge on any atom is 0.257 e. The number of hydrogen-bond acceptors (Lipinski definition) is 5. The zero-order valence-corrected chi connectivity index (χ0v) is 18.0. The normalized spacial score (nSPS) is 13.8. The first-order valence-electron chi connectivity index (χ1n) is 8.88. The number of pyridine rings is 2. The largest absolute Gasteiger partial charge is 0.354 e. The summed E-state index contributed by atoms with van der Waals surface area (Å²) in [6.45, 7) is 3.30. The fraction of sp³-hybridized carbons (Fsp3) is 0.250. The number of thioether (sulfide) groups is 1. The standard InChI is InChI=1S/C20H18ClFN4OS.ClH/c1-12-2-4-14-18(25-13-3-5-17(22)16(21)10-13)15(11-23-19(14)24-12)20(27)26-6-8-28-9-7-26;/h2-5,10-11H,6-9H2,1H3,(H,23,24,25);1H. The van der Waals surface area contributed by atoms with Gasteiger partial charge in [0.15, 0.2) is 5.65 Å². The predicted octanol–water partition coefficient (Wildman–Crippen LogP) is 5.09. The summed E-state index contributed by atoms with van der Waals surface area (Å²) in [5.41, 5.74) is 3.03. The summed E-state index contributed by atoms with van der Waals surface area (Å²) in [7, 11) is 0. The molecule has 1 aliphatic rings. The number of amides is 1. The Hall–Kier alpha value is -2.09. The van der Waals surface area contributed by atoms with Crippen LogP contribution in [0.5, 0.6) is 0 Å². The quantitative estimate of drug-likeness (QED) is 0.599. The Kier molecular flexibility index (Phi) is 6.82. The van der Waals surface area contributed by atoms with Crippen molar-refractivity contribution in [1.29, 1.82) is 0 Å². The number of rotatable bonds is 3. The van der Waals surface area contributed by atoms with E-state index in [0.29, 0.717) is 35.7 Å². The summed E-state index contributed by atoms with van der Waals surface area (Å²) < 4.78 is 13.5. The molecular formula is C20H19Cl2FN4OS. The number of fused-ring (bicyclic) bond motifs is 1. The number of nitrogens with zero attached hydrogens (tertiary/aromatic N) is 3. The second-order valence-corrected chi connectivity index (χ2v) is 8.16. The van der Waals surface area contributed by atoms with Crippen LogP contribution in [0, 0.1) is 12.7 Å². The molecule has 0 atom stereocenters. The van der Waals surface area contributed by atoms with Gasteiger partial charge >= 0.3 is 0 Å². The van der Waals surface area contributed by atoms with Gasteiger partial charge in [0.25, 0.3) is 5.91 Å². The van der Waals surface area contributed by atoms with Crippen molar-refractivity contribution in [3.63, 3.8) is 0 Å². The Labute approximate surface area is 183 Å². The van der Waals surface area contributed by atoms with Gasteiger partial charge in [0.1, 0.15) is 5.82 Å². The van der Waals surface area contributed by atoms with Crippen molar-refractivity contribution in [2.24, 2.45) is 0 Å². The van der Waals surface area contributed by atoms with Crippen LogP contribution >= 0.6 is 35.8 Å². The highest BCUT2D eigenvalue weighted by Crippen LogP contribution is 2.31. The fourth-order valence-corrected chi connectivity index (χ4v) is 4.21. The zero-order valence-electron chi connectivity index (χ0n) is 15.6. The third kappa shape index (κ3) is 4.57. The van der Waals surface area contributed by atoms with Gasteiger partial charge in [-0.1, -0.05) is 11.6 Å². The number of carbonyl (C=O) groups excluding carboxylic acids is 1. The molecule has 3 aromatic rings. The first-order chi connectivity index (χ1) is 13.5. The lowest BCUT2D eigenvalue weighted by molar-refractivity contribution is 0.0773. The lowest BCUT2D eigenvalue weighted by Crippen LogP contribution is -2.38. The first-order valence-corrected chi connectivity index (χ1v) is 10.4. The van der Waals surface area contributed by atoms with Crippen molar-refractivity contribution in [2.75, 3.05) is 29.9 Å². The third-order valence-electron chi connectivity index (χ3n) is 4.59. The van der Waals surface area contributed by atoms with Gasteiger partial charge in [-0.25, -0.2) is 14.4 Å². The molecule has 0 bridgehead atoms. The maximum absolute atomic E-state index is 13.5. The first kappa shape index (κ1) is 21.6. The van der Waals surface area contributed by atoms with Crippen LogP contribution in [0.3, 0.4) is 0 Å². The smallest absolute Gasteiger partial charge is 0.257 e. The fourth-order valence-electron chi connectivity index (χ4n) is 3.12. The van der Waals surface area contributed by atoms with Crippen LogP contribution < -0.4 is 5.32 Å². The van der Waals surface area contributed by atoms with E-state index in [-0.39, 0.29) is 23.3 Å². The van der Waals surface area contributed by atoms with E-state index in [2.05, 4.69) is 15.3 Å². The molecule has 1 saturated heterocycles. The van der Waals surface area contributed by atoms with E-state index in [9.17, 15) is 9.18 Å². The average molecular weight is 453 g/mol. The molecule has 9 heteroatoms. The van der Waals surface area contributed by atoms with E-state index in [0.717, 1.165) is 22.6 Å². The highest BCUT2D eigenvalue weighted by atomic mass is 35.5. The summed E-state index contributed by atoms with van der Waals surface area (Å²) in [5.74, 6) is 1.27. The second-order valence-electron chi connectivity index (χ2n) is 6.53. The zero-order chi connectivity index (χ0) is 19.7. The molecule has 0 saturated carbocycles. The number of aromatic nitrogens is 2. The van der Waals surface area contributed by atoms with Crippen LogP contribution in [0.25, 0.3) is 11.0 Å². The van der Waals surface area contributed by atoms with Crippen molar-refractivity contribution < 1.29 is 9.18 Å². The minimum atomic E-state index is -0.494. The number of aryl methyl sites for hydroxylation is 1. The van der Waals surface area contributed by atoms with Gasteiger partial charge in [-0.3, -0.25) is 4.79 Å². The third-order valence-corrected chi connectivity index (χ3v) is 5.82. The van der Waals surface area contributed by atoms with E-state index < -0.39 is 5.82 Å². The number of hydrogen-bond donors (Lipinski definition) is 1. The second kappa shape index (κ2) is 9.15. The van der Waals surface area contributed by atoms with Crippen LogP contribution in [0.4, 0.5) is 15.8 Å². The molecule has 5 nitrogen and oxygen atoms in total. The lowest BCUT2D eigenvalue weighted by atomic mass is 10.1. The summed E-state index contributed by atoms with van der Waals surface area (Å²) in [6, 6.07) is 8.14. The van der Waals surface area contributed by atoms with Crippen molar-refractivity contribution in [2.45, 2.75) is 6.92 Å². The van der Waals surface area contributed by atoms with Crippen LogP contribution in [0.1, 0.15) is 16.1 Å². The van der Waals surface area contributed by atoms with Crippen molar-refractivity contribution in [3.05, 3.63) is 58.6 Å². The number of halogens is 3. The molecule has 29 heavy (non-hydrogen) atoms. The SMILES string of the molecule is Cc1ccc2c(Nc3ccc(F)c(Cl)c3)c(C(=O)N3CCSCC3)cnc2n1.Cl. The Morgan fingerprint density at radius 3 is 2.72 bits per heavy atom. The van der Waals surface area contributed by atoms with E-state index in [1.165, 1.54) is 12.1 Å². The van der Waals surface area contributed by atoms with Crippen molar-refractivity contribution in [3.8, 4) is 0 Å². The van der Waals surface area contributed by atoms with Crippen LogP contribution in [0.15, 0.2) is 36.5 Å². The summed E-state index contributed by atoms with van der Waals surface area (Å²) in [6.07, 6.45) is 1.56. The molecule has 1 amide bonds. The summed E-state index contributed by atoms with van der Waals surface area (Å²) in [5, 5.41) is 3.98. The molecular weight excluding hydrogens is 434 g/mol. The van der Waals surface area contributed by atoms with Crippen LogP contribution in [-0.4, -0.2) is 45.4 Å².